The van der Waals surface area contributed by atoms with Crippen LogP contribution in [0.5, 0.6) is 0 Å². The summed E-state index contributed by atoms with van der Waals surface area (Å²) in [6.45, 7) is 1.65. The van der Waals surface area contributed by atoms with Crippen LogP contribution < -0.4 is 9.62 Å². The number of benzene rings is 2. The number of halogens is 4. The van der Waals surface area contributed by atoms with E-state index >= 15 is 0 Å². The zero-order chi connectivity index (χ0) is 26.3. The normalized spacial score (nSPS) is 12.2. The number of anilines is 1. The highest BCUT2D eigenvalue weighted by atomic mass is 35.5. The number of carbonyl (C=O) groups excluding carboxylic acids is 2. The van der Waals surface area contributed by atoms with Gasteiger partial charge in [-0.1, -0.05) is 36.2 Å². The van der Waals surface area contributed by atoms with Crippen LogP contribution in [0.2, 0.25) is 10.0 Å². The van der Waals surface area contributed by atoms with Crippen molar-refractivity contribution in [2.75, 3.05) is 24.2 Å². The van der Waals surface area contributed by atoms with Crippen molar-refractivity contribution in [3.05, 3.63) is 63.6 Å². The monoisotopic (exact) mass is 549 g/mol. The number of nitrogens with one attached hydrogen (secondary N) is 1. The van der Waals surface area contributed by atoms with E-state index in [1.165, 1.54) is 18.0 Å². The van der Waals surface area contributed by atoms with Crippen LogP contribution in [0.4, 0.5) is 14.5 Å². The van der Waals surface area contributed by atoms with E-state index in [2.05, 4.69) is 5.32 Å². The first kappa shape index (κ1) is 28.8. The maximum atomic E-state index is 13.7. The lowest BCUT2D eigenvalue weighted by Gasteiger charge is -2.31. The standard InChI is InChI=1S/C23H27Cl2F2N3O4S/c1-4-21(23(32)28-2)29(14-15-7-8-16(24)12-18(15)25)22(31)6-5-11-30(35(3,33)34)17-9-10-19(26)20(27)13-17/h7-10,12-13,21H,4-6,11,14H2,1-3H3,(H,28,32)/t21-/m1/s1. The first-order valence-electron chi connectivity index (χ1n) is 10.8. The molecule has 1 atom stereocenters. The number of hydrogen-bond donors (Lipinski definition) is 1. The predicted molar refractivity (Wildman–Crippen MR) is 133 cm³/mol. The Morgan fingerprint density at radius 2 is 1.77 bits per heavy atom. The number of sulfonamides is 1. The van der Waals surface area contributed by atoms with Crippen molar-refractivity contribution in [3.8, 4) is 0 Å². The van der Waals surface area contributed by atoms with E-state index < -0.39 is 33.6 Å². The number of nitrogens with zero attached hydrogens (tertiary/aromatic N) is 2. The van der Waals surface area contributed by atoms with E-state index in [9.17, 15) is 26.8 Å². The van der Waals surface area contributed by atoms with Crippen LogP contribution in [0.25, 0.3) is 0 Å². The lowest BCUT2D eigenvalue weighted by atomic mass is 10.1. The van der Waals surface area contributed by atoms with Crippen LogP contribution in [-0.4, -0.2) is 51.0 Å². The van der Waals surface area contributed by atoms with Gasteiger partial charge in [-0.05, 0) is 42.7 Å². The minimum absolute atomic E-state index is 0.0414. The van der Waals surface area contributed by atoms with Crippen LogP contribution in [0.3, 0.4) is 0 Å². The molecule has 0 radical (unpaired) electrons. The van der Waals surface area contributed by atoms with Crippen molar-refractivity contribution in [2.24, 2.45) is 0 Å². The van der Waals surface area contributed by atoms with Gasteiger partial charge in [0.1, 0.15) is 6.04 Å². The molecule has 35 heavy (non-hydrogen) atoms. The van der Waals surface area contributed by atoms with Crippen molar-refractivity contribution >= 4 is 50.7 Å². The van der Waals surface area contributed by atoms with E-state index in [-0.39, 0.29) is 37.5 Å². The summed E-state index contributed by atoms with van der Waals surface area (Å²) in [7, 11) is -2.37. The number of hydrogen-bond acceptors (Lipinski definition) is 4. The summed E-state index contributed by atoms with van der Waals surface area (Å²) in [4.78, 5) is 27.1. The lowest BCUT2D eigenvalue weighted by molar-refractivity contribution is -0.141. The average molecular weight is 550 g/mol. The fourth-order valence-electron chi connectivity index (χ4n) is 3.56. The first-order chi connectivity index (χ1) is 16.4. The molecule has 0 aromatic heterocycles. The van der Waals surface area contributed by atoms with Crippen molar-refractivity contribution in [1.29, 1.82) is 0 Å². The Labute approximate surface area is 214 Å². The first-order valence-corrected chi connectivity index (χ1v) is 13.4. The third-order valence-corrected chi connectivity index (χ3v) is 7.11. The molecule has 0 aliphatic rings. The van der Waals surface area contributed by atoms with Crippen molar-refractivity contribution in [2.45, 2.75) is 38.8 Å². The Kier molecular flexibility index (Phi) is 10.3. The number of carbonyl (C=O) groups is 2. The average Bonchev–Trinajstić information content (AvgIpc) is 2.78. The fourth-order valence-corrected chi connectivity index (χ4v) is 4.99. The Morgan fingerprint density at radius 1 is 1.09 bits per heavy atom. The third-order valence-electron chi connectivity index (χ3n) is 5.33. The maximum Gasteiger partial charge on any atom is 0.242 e. The molecule has 0 aliphatic carbocycles. The number of likely N-dealkylation sites (N-methyl/N-ethyl adjacent to an activating group) is 1. The molecule has 0 bridgehead atoms. The summed E-state index contributed by atoms with van der Waals surface area (Å²) in [6, 6.07) is 6.81. The van der Waals surface area contributed by atoms with Gasteiger partial charge in [0.05, 0.1) is 11.9 Å². The third kappa shape index (κ3) is 7.78. The molecule has 1 N–H and O–H groups in total. The van der Waals surface area contributed by atoms with E-state index in [4.69, 9.17) is 23.2 Å². The molecule has 0 aliphatic heterocycles. The second-order valence-electron chi connectivity index (χ2n) is 7.83. The van der Waals surface area contributed by atoms with Gasteiger partial charge in [0.15, 0.2) is 11.6 Å². The topological polar surface area (TPSA) is 86.8 Å². The van der Waals surface area contributed by atoms with Gasteiger partial charge in [-0.25, -0.2) is 17.2 Å². The van der Waals surface area contributed by atoms with Crippen LogP contribution in [-0.2, 0) is 26.2 Å². The molecule has 0 spiro atoms. The summed E-state index contributed by atoms with van der Waals surface area (Å²) in [5.41, 5.74) is 0.534. The molecule has 192 valence electrons. The summed E-state index contributed by atoms with van der Waals surface area (Å²) < 4.78 is 52.4. The molecule has 0 saturated carbocycles. The Balaban J connectivity index is 2.24. The van der Waals surface area contributed by atoms with Gasteiger partial charge >= 0.3 is 0 Å². The molecule has 2 aromatic rings. The quantitative estimate of drug-likeness (QED) is 0.450. The van der Waals surface area contributed by atoms with Gasteiger partial charge in [0.2, 0.25) is 21.8 Å². The Hall–Kier alpha value is -2.43. The van der Waals surface area contributed by atoms with Crippen LogP contribution in [0, 0.1) is 11.6 Å². The molecule has 0 unspecified atom stereocenters. The van der Waals surface area contributed by atoms with Crippen molar-refractivity contribution in [1.82, 2.24) is 10.2 Å². The Morgan fingerprint density at radius 3 is 2.31 bits per heavy atom. The fraction of sp³-hybridized carbons (Fsp3) is 0.391. The van der Waals surface area contributed by atoms with Gasteiger partial charge in [-0.3, -0.25) is 13.9 Å². The van der Waals surface area contributed by atoms with E-state index in [1.54, 1.807) is 19.1 Å². The summed E-state index contributed by atoms with van der Waals surface area (Å²) in [5.74, 6) is -3.04. The van der Waals surface area contributed by atoms with Crippen molar-refractivity contribution < 1.29 is 26.8 Å². The number of amides is 2. The van der Waals surface area contributed by atoms with Crippen molar-refractivity contribution in [3.63, 3.8) is 0 Å². The summed E-state index contributed by atoms with van der Waals surface area (Å²) >= 11 is 12.2. The second-order valence-corrected chi connectivity index (χ2v) is 10.6. The van der Waals surface area contributed by atoms with Gasteiger partial charge in [-0.15, -0.1) is 0 Å². The highest BCUT2D eigenvalue weighted by Gasteiger charge is 2.29. The van der Waals surface area contributed by atoms with Crippen LogP contribution in [0.15, 0.2) is 36.4 Å². The highest BCUT2D eigenvalue weighted by Crippen LogP contribution is 2.25. The highest BCUT2D eigenvalue weighted by molar-refractivity contribution is 7.92. The summed E-state index contributed by atoms with van der Waals surface area (Å²) in [5, 5.41) is 3.31. The van der Waals surface area contributed by atoms with E-state index in [0.717, 1.165) is 28.8 Å². The van der Waals surface area contributed by atoms with E-state index in [0.29, 0.717) is 22.0 Å². The van der Waals surface area contributed by atoms with Crippen LogP contribution >= 0.6 is 23.2 Å². The maximum absolute atomic E-state index is 13.7. The van der Waals surface area contributed by atoms with Gasteiger partial charge in [0, 0.05) is 42.7 Å². The smallest absolute Gasteiger partial charge is 0.242 e. The molecule has 12 heteroatoms. The zero-order valence-corrected chi connectivity index (χ0v) is 21.9. The van der Waals surface area contributed by atoms with Gasteiger partial charge in [0.25, 0.3) is 0 Å². The molecular formula is C23H27Cl2F2N3O4S. The Bertz CT molecular complexity index is 1180. The minimum Gasteiger partial charge on any atom is -0.357 e. The predicted octanol–water partition coefficient (Wildman–Crippen LogP) is 4.37. The molecule has 0 fully saturated rings. The molecular weight excluding hydrogens is 523 g/mol. The van der Waals surface area contributed by atoms with E-state index in [1.807, 2.05) is 0 Å². The van der Waals surface area contributed by atoms with Crippen LogP contribution in [0.1, 0.15) is 31.7 Å². The molecule has 0 heterocycles. The lowest BCUT2D eigenvalue weighted by Crippen LogP contribution is -2.48. The second kappa shape index (κ2) is 12.5. The zero-order valence-electron chi connectivity index (χ0n) is 19.5. The number of rotatable bonds is 11. The molecule has 0 saturated heterocycles. The largest absolute Gasteiger partial charge is 0.357 e. The summed E-state index contributed by atoms with van der Waals surface area (Å²) in [6.07, 6.45) is 1.24. The van der Waals surface area contributed by atoms with Gasteiger partial charge < -0.3 is 10.2 Å². The molecule has 2 rings (SSSR count). The molecule has 2 aromatic carbocycles. The van der Waals surface area contributed by atoms with Gasteiger partial charge in [-0.2, -0.15) is 0 Å². The minimum atomic E-state index is -3.84. The molecule has 2 amide bonds. The molecule has 7 nitrogen and oxygen atoms in total. The SMILES string of the molecule is CC[C@H](C(=O)NC)N(Cc1ccc(Cl)cc1Cl)C(=O)CCCN(c1ccc(F)c(F)c1)S(C)(=O)=O.